The van der Waals surface area contributed by atoms with E-state index in [1.54, 1.807) is 6.07 Å². The molecule has 1 unspecified atom stereocenters. The fraction of sp³-hybridized carbons (Fsp3) is 0.545. The van der Waals surface area contributed by atoms with Crippen molar-refractivity contribution in [3.05, 3.63) is 24.2 Å². The highest BCUT2D eigenvalue weighted by molar-refractivity contribution is 7.87. The first-order valence-electron chi connectivity index (χ1n) is 5.97. The molecule has 2 rings (SSSR count). The van der Waals surface area contributed by atoms with E-state index in [9.17, 15) is 13.2 Å². The summed E-state index contributed by atoms with van der Waals surface area (Å²) in [7, 11) is -3.65. The summed E-state index contributed by atoms with van der Waals surface area (Å²) in [6.07, 6.45) is 4.00. The van der Waals surface area contributed by atoms with Gasteiger partial charge in [0.15, 0.2) is 0 Å². The van der Waals surface area contributed by atoms with Crippen molar-refractivity contribution >= 4 is 16.2 Å². The van der Waals surface area contributed by atoms with Gasteiger partial charge in [-0.2, -0.15) is 17.4 Å². The number of carbonyl (C=O) groups is 1. The van der Waals surface area contributed by atoms with Crippen LogP contribution in [-0.2, 0) is 21.5 Å². The maximum absolute atomic E-state index is 12.0. The highest BCUT2D eigenvalue weighted by atomic mass is 32.2. The zero-order valence-electron chi connectivity index (χ0n) is 10.3. The molecule has 0 saturated carbocycles. The van der Waals surface area contributed by atoms with Crippen LogP contribution < -0.4 is 4.72 Å². The van der Waals surface area contributed by atoms with Crippen molar-refractivity contribution in [3.8, 4) is 0 Å². The van der Waals surface area contributed by atoms with Crippen LogP contribution >= 0.6 is 0 Å². The van der Waals surface area contributed by atoms with Crippen LogP contribution in [-0.4, -0.2) is 36.9 Å². The Labute approximate surface area is 111 Å². The lowest BCUT2D eigenvalue weighted by Crippen LogP contribution is -2.47. The number of nitrogens with zero attached hydrogens (tertiary/aromatic N) is 1. The Morgan fingerprint density at radius 1 is 1.58 bits per heavy atom. The SMILES string of the molecule is O=C(O)C1CCCN(S(=O)(=O)NCc2ccoc2)C1. The Hall–Kier alpha value is -1.38. The summed E-state index contributed by atoms with van der Waals surface area (Å²) in [4.78, 5) is 10.9. The minimum absolute atomic E-state index is 0.0239. The first-order valence-corrected chi connectivity index (χ1v) is 7.41. The molecule has 1 aromatic rings. The van der Waals surface area contributed by atoms with Crippen molar-refractivity contribution in [3.63, 3.8) is 0 Å². The third kappa shape index (κ3) is 3.55. The average Bonchev–Trinajstić information content (AvgIpc) is 2.90. The molecule has 19 heavy (non-hydrogen) atoms. The summed E-state index contributed by atoms with van der Waals surface area (Å²) >= 11 is 0. The van der Waals surface area contributed by atoms with Gasteiger partial charge in [-0.15, -0.1) is 0 Å². The lowest BCUT2D eigenvalue weighted by molar-refractivity contribution is -0.142. The third-order valence-electron chi connectivity index (χ3n) is 3.11. The first kappa shape index (κ1) is 14.0. The van der Waals surface area contributed by atoms with Gasteiger partial charge < -0.3 is 9.52 Å². The van der Waals surface area contributed by atoms with E-state index in [1.807, 2.05) is 0 Å². The van der Waals surface area contributed by atoms with Crippen LogP contribution in [0.1, 0.15) is 18.4 Å². The van der Waals surface area contributed by atoms with Crippen LogP contribution in [0.2, 0.25) is 0 Å². The molecule has 2 N–H and O–H groups in total. The number of furan rings is 1. The van der Waals surface area contributed by atoms with Crippen molar-refractivity contribution in [2.45, 2.75) is 19.4 Å². The molecule has 0 amide bonds. The van der Waals surface area contributed by atoms with E-state index >= 15 is 0 Å². The van der Waals surface area contributed by atoms with Gasteiger partial charge in [-0.25, -0.2) is 0 Å². The molecule has 1 aliphatic rings. The van der Waals surface area contributed by atoms with Gasteiger partial charge in [-0.05, 0) is 18.9 Å². The standard InChI is InChI=1S/C11H16N2O5S/c14-11(15)10-2-1-4-13(7-10)19(16,17)12-6-9-3-5-18-8-9/h3,5,8,10,12H,1-2,4,6-7H2,(H,14,15). The van der Waals surface area contributed by atoms with Gasteiger partial charge in [0.05, 0.1) is 18.4 Å². The van der Waals surface area contributed by atoms with Crippen molar-refractivity contribution in [2.75, 3.05) is 13.1 Å². The van der Waals surface area contributed by atoms with Gasteiger partial charge in [0.2, 0.25) is 0 Å². The molecule has 1 aliphatic heterocycles. The summed E-state index contributed by atoms with van der Waals surface area (Å²) < 4.78 is 32.6. The predicted molar refractivity (Wildman–Crippen MR) is 66.4 cm³/mol. The van der Waals surface area contributed by atoms with E-state index in [0.29, 0.717) is 19.4 Å². The van der Waals surface area contributed by atoms with E-state index in [0.717, 1.165) is 5.56 Å². The van der Waals surface area contributed by atoms with Crippen LogP contribution in [0.5, 0.6) is 0 Å². The van der Waals surface area contributed by atoms with Crippen LogP contribution in [0.4, 0.5) is 0 Å². The number of carboxylic acids is 1. The van der Waals surface area contributed by atoms with Crippen LogP contribution in [0.25, 0.3) is 0 Å². The number of aliphatic carboxylic acids is 1. The summed E-state index contributed by atoms with van der Waals surface area (Å²) in [5, 5.41) is 8.95. The lowest BCUT2D eigenvalue weighted by Gasteiger charge is -2.29. The maximum Gasteiger partial charge on any atom is 0.307 e. The van der Waals surface area contributed by atoms with Gasteiger partial charge in [0.1, 0.15) is 0 Å². The lowest BCUT2D eigenvalue weighted by atomic mass is 10.0. The second-order valence-corrected chi connectivity index (χ2v) is 6.25. The Bertz CT molecular complexity index is 525. The van der Waals surface area contributed by atoms with E-state index in [1.165, 1.54) is 16.8 Å². The fourth-order valence-electron chi connectivity index (χ4n) is 2.02. The molecule has 1 saturated heterocycles. The molecule has 0 spiro atoms. The highest BCUT2D eigenvalue weighted by Gasteiger charge is 2.31. The minimum atomic E-state index is -3.65. The zero-order chi connectivity index (χ0) is 13.9. The Morgan fingerprint density at radius 3 is 3.00 bits per heavy atom. The molecular formula is C11H16N2O5S. The third-order valence-corrected chi connectivity index (χ3v) is 4.63. The monoisotopic (exact) mass is 288 g/mol. The molecule has 1 aromatic heterocycles. The van der Waals surface area contributed by atoms with E-state index in [-0.39, 0.29) is 13.1 Å². The van der Waals surface area contributed by atoms with Crippen LogP contribution in [0, 0.1) is 5.92 Å². The number of piperidine rings is 1. The number of nitrogens with one attached hydrogen (secondary N) is 1. The second kappa shape index (κ2) is 5.72. The van der Waals surface area contributed by atoms with Gasteiger partial charge in [-0.3, -0.25) is 4.79 Å². The van der Waals surface area contributed by atoms with Crippen molar-refractivity contribution in [1.82, 2.24) is 9.03 Å². The molecule has 8 heteroatoms. The van der Waals surface area contributed by atoms with Crippen molar-refractivity contribution < 1.29 is 22.7 Å². The van der Waals surface area contributed by atoms with Crippen molar-refractivity contribution in [2.24, 2.45) is 5.92 Å². The van der Waals surface area contributed by atoms with Gasteiger partial charge in [-0.1, -0.05) is 0 Å². The summed E-state index contributed by atoms with van der Waals surface area (Å²) in [6.45, 7) is 0.508. The predicted octanol–water partition coefficient (Wildman–Crippen LogP) is 0.411. The van der Waals surface area contributed by atoms with E-state index in [2.05, 4.69) is 4.72 Å². The smallest absolute Gasteiger partial charge is 0.307 e. The Balaban J connectivity index is 1.96. The molecule has 0 aliphatic carbocycles. The largest absolute Gasteiger partial charge is 0.481 e. The molecule has 7 nitrogen and oxygen atoms in total. The first-order chi connectivity index (χ1) is 8.99. The van der Waals surface area contributed by atoms with Gasteiger partial charge >= 0.3 is 5.97 Å². The second-order valence-electron chi connectivity index (χ2n) is 4.49. The fourth-order valence-corrected chi connectivity index (χ4v) is 3.30. The molecule has 0 bridgehead atoms. The number of hydrogen-bond acceptors (Lipinski definition) is 4. The maximum atomic E-state index is 12.0. The molecule has 0 radical (unpaired) electrons. The molecule has 1 atom stereocenters. The molecule has 0 aromatic carbocycles. The summed E-state index contributed by atoms with van der Waals surface area (Å²) in [5.41, 5.74) is 0.718. The minimum Gasteiger partial charge on any atom is -0.481 e. The van der Waals surface area contributed by atoms with E-state index < -0.39 is 22.1 Å². The van der Waals surface area contributed by atoms with Crippen LogP contribution in [0.3, 0.4) is 0 Å². The quantitative estimate of drug-likeness (QED) is 0.817. The summed E-state index contributed by atoms with van der Waals surface area (Å²) in [5.74, 6) is -1.58. The number of carboxylic acid groups (broad SMARTS) is 1. The number of rotatable bonds is 5. The topological polar surface area (TPSA) is 99.9 Å². The van der Waals surface area contributed by atoms with Crippen molar-refractivity contribution in [1.29, 1.82) is 0 Å². The van der Waals surface area contributed by atoms with Gasteiger partial charge in [0, 0.05) is 25.2 Å². The van der Waals surface area contributed by atoms with Gasteiger partial charge in [0.25, 0.3) is 10.2 Å². The highest BCUT2D eigenvalue weighted by Crippen LogP contribution is 2.18. The molecule has 1 fully saturated rings. The summed E-state index contributed by atoms with van der Waals surface area (Å²) in [6, 6.07) is 1.67. The van der Waals surface area contributed by atoms with E-state index in [4.69, 9.17) is 9.52 Å². The number of hydrogen-bond donors (Lipinski definition) is 2. The molecular weight excluding hydrogens is 272 g/mol. The Morgan fingerprint density at radius 2 is 2.37 bits per heavy atom. The zero-order valence-corrected chi connectivity index (χ0v) is 11.1. The average molecular weight is 288 g/mol. The molecule has 2 heterocycles. The van der Waals surface area contributed by atoms with Crippen LogP contribution in [0.15, 0.2) is 23.0 Å². The molecule has 106 valence electrons. The normalized spacial score (nSPS) is 21.4. The Kier molecular flexibility index (Phi) is 4.23.